The fraction of sp³-hybridized carbons (Fsp3) is 0.250. The molecular weight excluding hydrogens is 286 g/mol. The Kier molecular flexibility index (Phi) is 4.43. The molecule has 1 N–H and O–H groups in total. The van der Waals surface area contributed by atoms with Gasteiger partial charge in [0.05, 0.1) is 0 Å². The number of nitrogens with one attached hydrogen (secondary N) is 1. The molecule has 0 bridgehead atoms. The maximum absolute atomic E-state index is 3.60. The van der Waals surface area contributed by atoms with Crippen molar-refractivity contribution in [3.05, 3.63) is 63.6 Å². The topological polar surface area (TPSA) is 12.0 Å². The van der Waals surface area contributed by atoms with Crippen LogP contribution in [-0.4, -0.2) is 0 Å². The number of rotatable bonds is 4. The highest BCUT2D eigenvalue weighted by Gasteiger charge is 2.00. The molecule has 0 saturated carbocycles. The first kappa shape index (κ1) is 13.2. The maximum atomic E-state index is 3.60. The lowest BCUT2D eigenvalue weighted by atomic mass is 10.1. The molecule has 0 aliphatic heterocycles. The Balaban J connectivity index is 2.02. The molecule has 0 aliphatic carbocycles. The van der Waals surface area contributed by atoms with Crippen LogP contribution in [0.15, 0.2) is 46.9 Å². The molecule has 18 heavy (non-hydrogen) atoms. The molecule has 0 aromatic heterocycles. The Bertz CT molecular complexity index is 517. The van der Waals surface area contributed by atoms with E-state index in [4.69, 9.17) is 0 Å². The maximum Gasteiger partial charge on any atom is 0.0411 e. The van der Waals surface area contributed by atoms with Crippen LogP contribution in [0.3, 0.4) is 0 Å². The van der Waals surface area contributed by atoms with Gasteiger partial charge in [0.25, 0.3) is 0 Å². The fourth-order valence-corrected chi connectivity index (χ4v) is 2.48. The molecule has 0 fully saturated rings. The van der Waals surface area contributed by atoms with E-state index in [1.54, 1.807) is 0 Å². The molecule has 0 amide bonds. The molecule has 0 saturated heterocycles. The van der Waals surface area contributed by atoms with E-state index in [1.807, 2.05) is 0 Å². The van der Waals surface area contributed by atoms with Crippen molar-refractivity contribution in [2.24, 2.45) is 0 Å². The predicted molar refractivity (Wildman–Crippen MR) is 82.0 cm³/mol. The zero-order chi connectivity index (χ0) is 13.0. The lowest BCUT2D eigenvalue weighted by Gasteiger charge is -2.09. The third-order valence-electron chi connectivity index (χ3n) is 3.05. The number of benzene rings is 2. The summed E-state index contributed by atoms with van der Waals surface area (Å²) in [7, 11) is 0. The lowest BCUT2D eigenvalue weighted by molar-refractivity contribution is 1.12. The minimum absolute atomic E-state index is 0.840. The van der Waals surface area contributed by atoms with Gasteiger partial charge < -0.3 is 5.32 Å². The highest BCUT2D eigenvalue weighted by Crippen LogP contribution is 2.20. The largest absolute Gasteiger partial charge is 0.381 e. The third kappa shape index (κ3) is 3.36. The van der Waals surface area contributed by atoms with E-state index >= 15 is 0 Å². The van der Waals surface area contributed by atoms with Crippen LogP contribution < -0.4 is 5.32 Å². The number of hydrogen-bond acceptors (Lipinski definition) is 1. The molecule has 2 aromatic carbocycles. The van der Waals surface area contributed by atoms with Gasteiger partial charge in [-0.2, -0.15) is 0 Å². The zero-order valence-corrected chi connectivity index (χ0v) is 12.4. The van der Waals surface area contributed by atoms with Crippen LogP contribution in [0.25, 0.3) is 0 Å². The van der Waals surface area contributed by atoms with Crippen molar-refractivity contribution < 1.29 is 0 Å². The smallest absolute Gasteiger partial charge is 0.0411 e. The normalized spacial score (nSPS) is 10.4. The van der Waals surface area contributed by atoms with Crippen LogP contribution in [0.2, 0.25) is 0 Å². The van der Waals surface area contributed by atoms with E-state index in [0.29, 0.717) is 0 Å². The van der Waals surface area contributed by atoms with E-state index in [-0.39, 0.29) is 0 Å². The van der Waals surface area contributed by atoms with Crippen LogP contribution in [0.4, 0.5) is 5.69 Å². The van der Waals surface area contributed by atoms with Gasteiger partial charge in [-0.05, 0) is 48.2 Å². The molecule has 0 radical (unpaired) electrons. The Hall–Kier alpha value is -1.28. The van der Waals surface area contributed by atoms with Crippen LogP contribution in [-0.2, 0) is 13.0 Å². The summed E-state index contributed by atoms with van der Waals surface area (Å²) in [5.74, 6) is 0. The first-order valence-electron chi connectivity index (χ1n) is 6.27. The van der Waals surface area contributed by atoms with Crippen molar-refractivity contribution in [3.63, 3.8) is 0 Å². The molecule has 1 nitrogen and oxygen atoms in total. The highest BCUT2D eigenvalue weighted by atomic mass is 79.9. The Morgan fingerprint density at radius 1 is 1.06 bits per heavy atom. The molecule has 0 aliphatic rings. The number of halogens is 1. The minimum Gasteiger partial charge on any atom is -0.381 e. The second-order valence-corrected chi connectivity index (χ2v) is 5.35. The summed E-state index contributed by atoms with van der Waals surface area (Å²) < 4.78 is 1.17. The Morgan fingerprint density at radius 3 is 2.39 bits per heavy atom. The molecule has 0 atom stereocenters. The van der Waals surface area contributed by atoms with Gasteiger partial charge in [0.15, 0.2) is 0 Å². The van der Waals surface area contributed by atoms with Crippen LogP contribution in [0, 0.1) is 6.92 Å². The van der Waals surface area contributed by atoms with Crippen molar-refractivity contribution >= 4 is 21.6 Å². The zero-order valence-electron chi connectivity index (χ0n) is 10.8. The number of aryl methyl sites for hydroxylation is 2. The van der Waals surface area contributed by atoms with Gasteiger partial charge >= 0.3 is 0 Å². The Labute approximate surface area is 117 Å². The van der Waals surface area contributed by atoms with E-state index in [0.717, 1.165) is 13.0 Å². The van der Waals surface area contributed by atoms with E-state index in [1.165, 1.54) is 26.9 Å². The lowest BCUT2D eigenvalue weighted by Crippen LogP contribution is -2.00. The molecule has 2 rings (SSSR count). The summed E-state index contributed by atoms with van der Waals surface area (Å²) >= 11 is 3.60. The fourth-order valence-electron chi connectivity index (χ4n) is 1.85. The molecule has 94 valence electrons. The molecule has 0 spiro atoms. The van der Waals surface area contributed by atoms with Crippen molar-refractivity contribution in [2.75, 3.05) is 5.32 Å². The summed E-state index contributed by atoms with van der Waals surface area (Å²) in [5, 5.41) is 3.44. The average molecular weight is 304 g/mol. The van der Waals surface area contributed by atoms with Gasteiger partial charge in [0.1, 0.15) is 0 Å². The first-order valence-corrected chi connectivity index (χ1v) is 7.06. The van der Waals surface area contributed by atoms with E-state index in [2.05, 4.69) is 77.6 Å². The van der Waals surface area contributed by atoms with Gasteiger partial charge in [0, 0.05) is 16.7 Å². The average Bonchev–Trinajstić information content (AvgIpc) is 2.38. The third-order valence-corrected chi connectivity index (χ3v) is 3.79. The van der Waals surface area contributed by atoms with Gasteiger partial charge in [0.2, 0.25) is 0 Å². The highest BCUT2D eigenvalue weighted by molar-refractivity contribution is 9.10. The van der Waals surface area contributed by atoms with Gasteiger partial charge in [-0.15, -0.1) is 0 Å². The predicted octanol–water partition coefficient (Wildman–Crippen LogP) is 4.93. The second-order valence-electron chi connectivity index (χ2n) is 4.50. The van der Waals surface area contributed by atoms with E-state index in [9.17, 15) is 0 Å². The minimum atomic E-state index is 0.840. The molecular formula is C16H18BrN. The molecule has 0 unspecified atom stereocenters. The van der Waals surface area contributed by atoms with Crippen molar-refractivity contribution in [1.82, 2.24) is 0 Å². The van der Waals surface area contributed by atoms with Gasteiger partial charge in [-0.3, -0.25) is 0 Å². The molecule has 0 heterocycles. The second kappa shape index (κ2) is 6.05. The summed E-state index contributed by atoms with van der Waals surface area (Å²) in [4.78, 5) is 0. The standard InChI is InChI=1S/C16H18BrN/c1-3-13-5-8-15(9-6-13)18-11-14-7-4-12(2)10-16(14)17/h4-10,18H,3,11H2,1-2H3. The van der Waals surface area contributed by atoms with Crippen LogP contribution in [0.1, 0.15) is 23.6 Å². The molecule has 2 aromatic rings. The van der Waals surface area contributed by atoms with Crippen LogP contribution >= 0.6 is 15.9 Å². The summed E-state index contributed by atoms with van der Waals surface area (Å²) in [6, 6.07) is 15.1. The summed E-state index contributed by atoms with van der Waals surface area (Å²) in [5.41, 5.74) is 5.09. The summed E-state index contributed by atoms with van der Waals surface area (Å²) in [6.07, 6.45) is 1.09. The quantitative estimate of drug-likeness (QED) is 0.844. The Morgan fingerprint density at radius 2 is 1.78 bits per heavy atom. The number of anilines is 1. The van der Waals surface area contributed by atoms with Crippen LogP contribution in [0.5, 0.6) is 0 Å². The SMILES string of the molecule is CCc1ccc(NCc2ccc(C)cc2Br)cc1. The first-order chi connectivity index (χ1) is 8.69. The van der Waals surface area contributed by atoms with Gasteiger partial charge in [-0.25, -0.2) is 0 Å². The van der Waals surface area contributed by atoms with Crippen molar-refractivity contribution in [2.45, 2.75) is 26.8 Å². The van der Waals surface area contributed by atoms with Crippen molar-refractivity contribution in [1.29, 1.82) is 0 Å². The summed E-state index contributed by atoms with van der Waals surface area (Å²) in [6.45, 7) is 5.11. The molecule has 2 heteroatoms. The van der Waals surface area contributed by atoms with E-state index < -0.39 is 0 Å². The number of hydrogen-bond donors (Lipinski definition) is 1. The van der Waals surface area contributed by atoms with Gasteiger partial charge in [-0.1, -0.05) is 47.1 Å². The monoisotopic (exact) mass is 303 g/mol. The van der Waals surface area contributed by atoms with Crippen molar-refractivity contribution in [3.8, 4) is 0 Å².